The lowest BCUT2D eigenvalue weighted by Crippen LogP contribution is -2.72. The van der Waals surface area contributed by atoms with Crippen LogP contribution < -0.4 is 10.6 Å². The molecule has 25 heavy (non-hydrogen) atoms. The van der Waals surface area contributed by atoms with Gasteiger partial charge in [0, 0.05) is 12.4 Å². The Hall–Kier alpha value is -2.46. The Labute approximate surface area is 143 Å². The Morgan fingerprint density at radius 2 is 2.08 bits per heavy atom. The Balaban J connectivity index is 2.15. The number of carbonyl (C=O) groups excluding carboxylic acids is 2. The van der Waals surface area contributed by atoms with E-state index in [0.29, 0.717) is 0 Å². The molecule has 132 valence electrons. The number of carbonyl (C=O) groups is 2. The van der Waals surface area contributed by atoms with Gasteiger partial charge in [0.2, 0.25) is 5.72 Å². The highest BCUT2D eigenvalue weighted by atomic mass is 32.1. The maximum atomic E-state index is 13.6. The summed E-state index contributed by atoms with van der Waals surface area (Å²) >= 11 is 0.950. The van der Waals surface area contributed by atoms with Gasteiger partial charge in [-0.25, -0.2) is 4.79 Å². The maximum absolute atomic E-state index is 13.6. The molecule has 2 amide bonds. The molecule has 2 aromatic heterocycles. The molecule has 0 spiro atoms. The van der Waals surface area contributed by atoms with Gasteiger partial charge < -0.3 is 15.7 Å². The lowest BCUT2D eigenvalue weighted by molar-refractivity contribution is -0.287. The highest BCUT2D eigenvalue weighted by Gasteiger charge is 2.66. The van der Waals surface area contributed by atoms with Crippen LogP contribution in [0.2, 0.25) is 0 Å². The third-order valence-electron chi connectivity index (χ3n) is 3.90. The highest BCUT2D eigenvalue weighted by Crippen LogP contribution is 2.44. The van der Waals surface area contributed by atoms with Gasteiger partial charge in [0.25, 0.3) is 0 Å². The first-order chi connectivity index (χ1) is 11.7. The van der Waals surface area contributed by atoms with Crippen LogP contribution in [0, 0.1) is 5.92 Å². The number of Topliss-reactive ketones (excluding diaryl/α,β-unsaturated/α-hetero) is 1. The summed E-state index contributed by atoms with van der Waals surface area (Å²) in [5.74, 6) is -2.95. The molecule has 0 saturated carbocycles. The molecular formula is C15H12F3N3O3S. The molecule has 0 aromatic carbocycles. The summed E-state index contributed by atoms with van der Waals surface area (Å²) < 4.78 is 40.7. The smallest absolute Gasteiger partial charge is 0.363 e. The third-order valence-corrected chi connectivity index (χ3v) is 4.78. The topological polar surface area (TPSA) is 91.3 Å². The SMILES string of the molecule is O=C1N[C@@H](c2cccnc2)[C@@H](C(=O)c2cccs2)[C@](O)(C(F)(F)F)N1. The van der Waals surface area contributed by atoms with Crippen molar-refractivity contribution in [2.45, 2.75) is 17.9 Å². The molecule has 3 heterocycles. The van der Waals surface area contributed by atoms with Crippen LogP contribution in [0.1, 0.15) is 21.3 Å². The van der Waals surface area contributed by atoms with E-state index in [9.17, 15) is 27.9 Å². The summed E-state index contributed by atoms with van der Waals surface area (Å²) in [6.45, 7) is 0. The largest absolute Gasteiger partial charge is 0.437 e. The van der Waals surface area contributed by atoms with Crippen molar-refractivity contribution in [3.05, 3.63) is 52.5 Å². The Morgan fingerprint density at radius 1 is 1.32 bits per heavy atom. The standard InChI is InChI=1S/C15H12F3N3O3S/c16-15(17,18)14(24)10(12(22)9-4-2-6-25-9)11(20-13(23)21-14)8-3-1-5-19-7-8/h1-7,10-11,24H,(H2,20,21,23)/t10-,11-,14-/m0/s1. The van der Waals surface area contributed by atoms with Gasteiger partial charge in [-0.05, 0) is 23.1 Å². The van der Waals surface area contributed by atoms with Gasteiger partial charge in [0.1, 0.15) is 5.92 Å². The molecule has 0 radical (unpaired) electrons. The van der Waals surface area contributed by atoms with E-state index in [1.54, 1.807) is 0 Å². The van der Waals surface area contributed by atoms with Crippen LogP contribution in [0.5, 0.6) is 0 Å². The van der Waals surface area contributed by atoms with E-state index >= 15 is 0 Å². The number of alkyl halides is 3. The zero-order valence-electron chi connectivity index (χ0n) is 12.4. The van der Waals surface area contributed by atoms with Gasteiger partial charge in [-0.2, -0.15) is 13.2 Å². The second-order valence-electron chi connectivity index (χ2n) is 5.45. The summed E-state index contributed by atoms with van der Waals surface area (Å²) in [4.78, 5) is 28.4. The number of rotatable bonds is 3. The van der Waals surface area contributed by atoms with Crippen molar-refractivity contribution in [2.75, 3.05) is 0 Å². The normalized spacial score (nSPS) is 26.6. The lowest BCUT2D eigenvalue weighted by Gasteiger charge is -2.44. The molecule has 1 fully saturated rings. The monoisotopic (exact) mass is 371 g/mol. The van der Waals surface area contributed by atoms with Gasteiger partial charge >= 0.3 is 12.2 Å². The van der Waals surface area contributed by atoms with Crippen molar-refractivity contribution in [1.29, 1.82) is 0 Å². The van der Waals surface area contributed by atoms with Crippen LogP contribution in [0.3, 0.4) is 0 Å². The number of pyridine rings is 1. The van der Waals surface area contributed by atoms with Crippen molar-refractivity contribution in [1.82, 2.24) is 15.6 Å². The van der Waals surface area contributed by atoms with Crippen LogP contribution >= 0.6 is 11.3 Å². The molecule has 3 atom stereocenters. The Kier molecular flexibility index (Phi) is 4.25. The fourth-order valence-corrected chi connectivity index (χ4v) is 3.45. The zero-order chi connectivity index (χ0) is 18.2. The average Bonchev–Trinajstić information content (AvgIpc) is 3.08. The lowest BCUT2D eigenvalue weighted by atomic mass is 9.79. The van der Waals surface area contributed by atoms with Gasteiger partial charge in [-0.1, -0.05) is 12.1 Å². The Morgan fingerprint density at radius 3 is 2.64 bits per heavy atom. The number of halogens is 3. The Bertz CT molecular complexity index is 782. The molecule has 3 rings (SSSR count). The predicted molar refractivity (Wildman–Crippen MR) is 81.8 cm³/mol. The predicted octanol–water partition coefficient (Wildman–Crippen LogP) is 2.25. The minimum Gasteiger partial charge on any atom is -0.363 e. The number of hydrogen-bond acceptors (Lipinski definition) is 5. The van der Waals surface area contributed by atoms with Crippen molar-refractivity contribution in [3.63, 3.8) is 0 Å². The van der Waals surface area contributed by atoms with E-state index < -0.39 is 35.7 Å². The highest BCUT2D eigenvalue weighted by molar-refractivity contribution is 7.12. The van der Waals surface area contributed by atoms with Gasteiger partial charge in [0.15, 0.2) is 5.78 Å². The molecule has 3 N–H and O–H groups in total. The second kappa shape index (κ2) is 6.12. The second-order valence-corrected chi connectivity index (χ2v) is 6.39. The first kappa shape index (κ1) is 17.4. The fraction of sp³-hybridized carbons (Fsp3) is 0.267. The molecule has 1 aliphatic heterocycles. The van der Waals surface area contributed by atoms with E-state index in [-0.39, 0.29) is 10.4 Å². The summed E-state index contributed by atoms with van der Waals surface area (Å²) in [5.41, 5.74) is -3.54. The third kappa shape index (κ3) is 2.98. The van der Waals surface area contributed by atoms with Crippen LogP contribution in [-0.2, 0) is 0 Å². The van der Waals surface area contributed by atoms with Crippen LogP contribution in [-0.4, -0.2) is 33.8 Å². The number of aliphatic hydroxyl groups is 1. The summed E-state index contributed by atoms with van der Waals surface area (Å²) in [5, 5.41) is 15.6. The van der Waals surface area contributed by atoms with Crippen molar-refractivity contribution in [2.24, 2.45) is 5.92 Å². The van der Waals surface area contributed by atoms with Crippen LogP contribution in [0.15, 0.2) is 42.0 Å². The van der Waals surface area contributed by atoms with Crippen molar-refractivity contribution >= 4 is 23.2 Å². The molecule has 1 aliphatic rings. The molecule has 0 unspecified atom stereocenters. The zero-order valence-corrected chi connectivity index (χ0v) is 13.3. The van der Waals surface area contributed by atoms with E-state index in [1.807, 2.05) is 0 Å². The number of nitrogens with one attached hydrogen (secondary N) is 2. The van der Waals surface area contributed by atoms with E-state index in [2.05, 4.69) is 10.3 Å². The molecule has 10 heteroatoms. The molecule has 2 aromatic rings. The number of urea groups is 1. The summed E-state index contributed by atoms with van der Waals surface area (Å²) in [7, 11) is 0. The summed E-state index contributed by atoms with van der Waals surface area (Å²) in [6, 6.07) is 3.13. The number of nitrogens with zero attached hydrogens (tertiary/aromatic N) is 1. The fourth-order valence-electron chi connectivity index (χ4n) is 2.75. The van der Waals surface area contributed by atoms with Crippen molar-refractivity contribution < 1.29 is 27.9 Å². The molecule has 0 bridgehead atoms. The summed E-state index contributed by atoms with van der Waals surface area (Å²) in [6.07, 6.45) is -2.62. The minimum absolute atomic E-state index is 0.0412. The molecule has 6 nitrogen and oxygen atoms in total. The number of thiophene rings is 1. The van der Waals surface area contributed by atoms with Gasteiger partial charge in [-0.3, -0.25) is 9.78 Å². The molecule has 0 aliphatic carbocycles. The molecule has 1 saturated heterocycles. The van der Waals surface area contributed by atoms with E-state index in [1.165, 1.54) is 47.4 Å². The van der Waals surface area contributed by atoms with Crippen molar-refractivity contribution in [3.8, 4) is 0 Å². The number of hydrogen-bond donors (Lipinski definition) is 3. The minimum atomic E-state index is -5.26. The van der Waals surface area contributed by atoms with Gasteiger partial charge in [-0.15, -0.1) is 11.3 Å². The van der Waals surface area contributed by atoms with E-state index in [4.69, 9.17) is 0 Å². The van der Waals surface area contributed by atoms with Crippen LogP contribution in [0.4, 0.5) is 18.0 Å². The quantitative estimate of drug-likeness (QED) is 0.722. The number of amides is 2. The first-order valence-corrected chi connectivity index (χ1v) is 7.97. The first-order valence-electron chi connectivity index (χ1n) is 7.09. The van der Waals surface area contributed by atoms with Gasteiger partial charge in [0.05, 0.1) is 10.9 Å². The van der Waals surface area contributed by atoms with E-state index in [0.717, 1.165) is 11.3 Å². The number of aromatic nitrogens is 1. The average molecular weight is 371 g/mol. The maximum Gasteiger partial charge on any atom is 0.437 e. The van der Waals surface area contributed by atoms with Crippen LogP contribution in [0.25, 0.3) is 0 Å². The molecular weight excluding hydrogens is 359 g/mol. The number of ketones is 1.